The topological polar surface area (TPSA) is 43.8 Å². The molecule has 0 bridgehead atoms. The normalized spacial score (nSPS) is 11.1. The van der Waals surface area contributed by atoms with Crippen LogP contribution >= 0.6 is 0 Å². The van der Waals surface area contributed by atoms with Crippen LogP contribution in [-0.4, -0.2) is 9.78 Å². The van der Waals surface area contributed by atoms with E-state index in [1.165, 1.54) is 14.0 Å². The summed E-state index contributed by atoms with van der Waals surface area (Å²) < 4.78 is 67.4. The highest BCUT2D eigenvalue weighted by Crippen LogP contribution is 2.33. The van der Waals surface area contributed by atoms with Crippen molar-refractivity contribution < 1.29 is 22.0 Å². The molecule has 8 heteroatoms. The molecule has 0 aliphatic heterocycles. The summed E-state index contributed by atoms with van der Waals surface area (Å²) in [4.78, 5) is 0. The first-order chi connectivity index (χ1) is 8.77. The van der Waals surface area contributed by atoms with Crippen LogP contribution in [0, 0.1) is 36.0 Å². The molecule has 0 aliphatic carbocycles. The van der Waals surface area contributed by atoms with Gasteiger partial charge >= 0.3 is 0 Å². The number of aromatic nitrogens is 2. The fourth-order valence-corrected chi connectivity index (χ4v) is 1.69. The number of anilines is 1. The maximum absolute atomic E-state index is 13.6. The lowest BCUT2D eigenvalue weighted by atomic mass is 10.1. The van der Waals surface area contributed by atoms with Gasteiger partial charge in [-0.3, -0.25) is 4.68 Å². The summed E-state index contributed by atoms with van der Waals surface area (Å²) in [6.07, 6.45) is 0. The van der Waals surface area contributed by atoms with Crippen LogP contribution < -0.4 is 5.73 Å². The lowest BCUT2D eigenvalue weighted by Gasteiger charge is -2.06. The Labute approximate surface area is 104 Å². The third-order valence-electron chi connectivity index (χ3n) is 2.78. The van der Waals surface area contributed by atoms with Crippen LogP contribution in [0.2, 0.25) is 0 Å². The van der Waals surface area contributed by atoms with E-state index in [9.17, 15) is 22.0 Å². The van der Waals surface area contributed by atoms with Gasteiger partial charge in [0.25, 0.3) is 0 Å². The van der Waals surface area contributed by atoms with Crippen LogP contribution in [0.5, 0.6) is 0 Å². The molecule has 2 aromatic rings. The van der Waals surface area contributed by atoms with Crippen molar-refractivity contribution in [3.8, 4) is 11.3 Å². The Hall–Kier alpha value is -2.12. The van der Waals surface area contributed by atoms with E-state index >= 15 is 0 Å². The van der Waals surface area contributed by atoms with Crippen molar-refractivity contribution in [1.29, 1.82) is 0 Å². The summed E-state index contributed by atoms with van der Waals surface area (Å²) in [5.41, 5.74) is 4.21. The number of hydrogen-bond acceptors (Lipinski definition) is 2. The van der Waals surface area contributed by atoms with Crippen LogP contribution in [0.4, 0.5) is 27.8 Å². The first kappa shape index (κ1) is 13.3. The standard InChI is InChI=1S/C11H8F5N3/c1-3-10(18-19(2)11(3)17)4-5(12)7(14)9(16)8(15)6(4)13/h17H2,1-2H3. The number of halogens is 5. The number of hydrogen-bond donors (Lipinski definition) is 1. The molecule has 0 unspecified atom stereocenters. The van der Waals surface area contributed by atoms with E-state index in [0.29, 0.717) is 0 Å². The summed E-state index contributed by atoms with van der Waals surface area (Å²) in [5.74, 6) is -10.0. The number of aryl methyl sites for hydroxylation is 1. The summed E-state index contributed by atoms with van der Waals surface area (Å²) in [5, 5.41) is 3.67. The average molecular weight is 277 g/mol. The van der Waals surface area contributed by atoms with Crippen LogP contribution in [0.25, 0.3) is 11.3 Å². The maximum atomic E-state index is 13.6. The predicted octanol–water partition coefficient (Wildman–Crippen LogP) is 2.67. The smallest absolute Gasteiger partial charge is 0.200 e. The van der Waals surface area contributed by atoms with Crippen LogP contribution in [0.1, 0.15) is 5.56 Å². The minimum atomic E-state index is -2.21. The van der Waals surface area contributed by atoms with Gasteiger partial charge in [-0.15, -0.1) is 0 Å². The molecule has 1 aromatic heterocycles. The van der Waals surface area contributed by atoms with Gasteiger partial charge in [-0.05, 0) is 6.92 Å². The summed E-state index contributed by atoms with van der Waals surface area (Å²) in [6.45, 7) is 1.37. The van der Waals surface area contributed by atoms with Gasteiger partial charge in [0.1, 0.15) is 11.5 Å². The van der Waals surface area contributed by atoms with Crippen molar-refractivity contribution >= 4 is 5.82 Å². The van der Waals surface area contributed by atoms with Gasteiger partial charge < -0.3 is 5.73 Å². The van der Waals surface area contributed by atoms with Gasteiger partial charge in [-0.2, -0.15) is 5.10 Å². The third kappa shape index (κ3) is 1.74. The Kier molecular flexibility index (Phi) is 2.95. The summed E-state index contributed by atoms with van der Waals surface area (Å²) in [6, 6.07) is 0. The molecule has 0 atom stereocenters. The first-order valence-electron chi connectivity index (χ1n) is 5.08. The highest BCUT2D eigenvalue weighted by molar-refractivity contribution is 5.69. The van der Waals surface area contributed by atoms with Crippen molar-refractivity contribution in [2.45, 2.75) is 6.92 Å². The summed E-state index contributed by atoms with van der Waals surface area (Å²) in [7, 11) is 1.39. The van der Waals surface area contributed by atoms with Crippen molar-refractivity contribution in [1.82, 2.24) is 9.78 Å². The Bertz CT molecular complexity index is 649. The molecule has 102 valence electrons. The van der Waals surface area contributed by atoms with E-state index in [-0.39, 0.29) is 17.1 Å². The predicted molar refractivity (Wildman–Crippen MR) is 57.6 cm³/mol. The zero-order chi connectivity index (χ0) is 14.5. The van der Waals surface area contributed by atoms with E-state index in [0.717, 1.165) is 4.68 Å². The van der Waals surface area contributed by atoms with E-state index < -0.39 is 34.6 Å². The largest absolute Gasteiger partial charge is 0.384 e. The van der Waals surface area contributed by atoms with Gasteiger partial charge in [0, 0.05) is 12.6 Å². The Morgan fingerprint density at radius 1 is 0.895 bits per heavy atom. The van der Waals surface area contributed by atoms with E-state index in [1.54, 1.807) is 0 Å². The number of nitrogen functional groups attached to an aromatic ring is 1. The molecular weight excluding hydrogens is 269 g/mol. The monoisotopic (exact) mass is 277 g/mol. The molecule has 0 spiro atoms. The number of rotatable bonds is 1. The second kappa shape index (κ2) is 4.22. The molecule has 2 rings (SSSR count). The highest BCUT2D eigenvalue weighted by atomic mass is 19.2. The molecule has 19 heavy (non-hydrogen) atoms. The molecule has 0 amide bonds. The number of nitrogens with two attached hydrogens (primary N) is 1. The first-order valence-corrected chi connectivity index (χ1v) is 5.08. The number of nitrogens with zero attached hydrogens (tertiary/aromatic N) is 2. The third-order valence-corrected chi connectivity index (χ3v) is 2.78. The zero-order valence-electron chi connectivity index (χ0n) is 9.86. The molecule has 0 fully saturated rings. The van der Waals surface area contributed by atoms with Gasteiger partial charge in [-0.25, -0.2) is 22.0 Å². The maximum Gasteiger partial charge on any atom is 0.200 e. The molecule has 1 aromatic carbocycles. The van der Waals surface area contributed by atoms with Gasteiger partial charge in [0.15, 0.2) is 23.3 Å². The van der Waals surface area contributed by atoms with Crippen LogP contribution in [-0.2, 0) is 7.05 Å². The van der Waals surface area contributed by atoms with Gasteiger partial charge in [0.2, 0.25) is 5.82 Å². The lowest BCUT2D eigenvalue weighted by molar-refractivity contribution is 0.381. The molecule has 0 saturated heterocycles. The fraction of sp³-hybridized carbons (Fsp3) is 0.182. The molecule has 0 aliphatic rings. The molecule has 2 N–H and O–H groups in total. The second-order valence-electron chi connectivity index (χ2n) is 3.93. The van der Waals surface area contributed by atoms with Crippen molar-refractivity contribution in [2.75, 3.05) is 5.73 Å². The Morgan fingerprint density at radius 2 is 1.32 bits per heavy atom. The van der Waals surface area contributed by atoms with Crippen LogP contribution in [0.15, 0.2) is 0 Å². The molecule has 0 saturated carbocycles. The van der Waals surface area contributed by atoms with Crippen molar-refractivity contribution in [3.63, 3.8) is 0 Å². The second-order valence-corrected chi connectivity index (χ2v) is 3.93. The fourth-order valence-electron chi connectivity index (χ4n) is 1.69. The quantitative estimate of drug-likeness (QED) is 0.495. The molecule has 1 heterocycles. The average Bonchev–Trinajstić information content (AvgIpc) is 2.62. The Balaban J connectivity index is 2.87. The van der Waals surface area contributed by atoms with Gasteiger partial charge in [0.05, 0.1) is 5.56 Å². The number of benzene rings is 1. The van der Waals surface area contributed by atoms with Crippen molar-refractivity contribution in [2.24, 2.45) is 7.05 Å². The Morgan fingerprint density at radius 3 is 1.68 bits per heavy atom. The van der Waals surface area contributed by atoms with Crippen molar-refractivity contribution in [3.05, 3.63) is 34.6 Å². The van der Waals surface area contributed by atoms with E-state index in [4.69, 9.17) is 5.73 Å². The minimum absolute atomic E-state index is 0.0685. The van der Waals surface area contributed by atoms with E-state index in [1.807, 2.05) is 0 Å². The van der Waals surface area contributed by atoms with Gasteiger partial charge in [-0.1, -0.05) is 0 Å². The SMILES string of the molecule is Cc1c(-c2c(F)c(F)c(F)c(F)c2F)nn(C)c1N. The lowest BCUT2D eigenvalue weighted by Crippen LogP contribution is -2.05. The highest BCUT2D eigenvalue weighted by Gasteiger charge is 2.29. The minimum Gasteiger partial charge on any atom is -0.384 e. The molecule has 0 radical (unpaired) electrons. The van der Waals surface area contributed by atoms with E-state index in [2.05, 4.69) is 5.10 Å². The zero-order valence-corrected chi connectivity index (χ0v) is 9.86. The van der Waals surface area contributed by atoms with Crippen LogP contribution in [0.3, 0.4) is 0 Å². The summed E-state index contributed by atoms with van der Waals surface area (Å²) >= 11 is 0. The molecular formula is C11H8F5N3. The molecule has 3 nitrogen and oxygen atoms in total.